The number of fused-ring (bicyclic) bond motifs is 1. The molecule has 0 unspecified atom stereocenters. The van der Waals surface area contributed by atoms with Gasteiger partial charge in [-0.1, -0.05) is 36.4 Å². The first-order chi connectivity index (χ1) is 14.8. The Morgan fingerprint density at radius 3 is 2.48 bits per heavy atom. The predicted molar refractivity (Wildman–Crippen MR) is 131 cm³/mol. The summed E-state index contributed by atoms with van der Waals surface area (Å²) in [6.07, 6.45) is -0.282. The van der Waals surface area contributed by atoms with Crippen LogP contribution in [0, 0.1) is 0 Å². The molecule has 0 aromatic heterocycles. The van der Waals surface area contributed by atoms with Gasteiger partial charge in [-0.15, -0.1) is 24.8 Å². The van der Waals surface area contributed by atoms with Gasteiger partial charge in [0.2, 0.25) is 5.91 Å². The van der Waals surface area contributed by atoms with Crippen molar-refractivity contribution in [3.8, 4) is 0 Å². The summed E-state index contributed by atoms with van der Waals surface area (Å²) in [5, 5.41) is 3.34. The van der Waals surface area contributed by atoms with Crippen LogP contribution in [0.5, 0.6) is 0 Å². The standard InChI is InChI=1S/C24H28F3N3O.2ClH/c1-29(2)14-15-30(17-20-6-3-4-9-22(20)24(25,26)27)23(31)11-10-18-7-5-8-19-12-13-28-16-21(18)19;;/h3-11,28H,12-17H2,1-2H3;2*1H/b11-10+;;. The van der Waals surface area contributed by atoms with Gasteiger partial charge in [0.15, 0.2) is 0 Å². The van der Waals surface area contributed by atoms with Gasteiger partial charge in [0.25, 0.3) is 0 Å². The van der Waals surface area contributed by atoms with Crippen molar-refractivity contribution < 1.29 is 18.0 Å². The van der Waals surface area contributed by atoms with E-state index in [0.717, 1.165) is 31.1 Å². The van der Waals surface area contributed by atoms with Crippen LogP contribution in [-0.4, -0.2) is 49.4 Å². The fourth-order valence-corrected chi connectivity index (χ4v) is 3.69. The fourth-order valence-electron chi connectivity index (χ4n) is 3.69. The quantitative estimate of drug-likeness (QED) is 0.551. The molecule has 1 amide bonds. The van der Waals surface area contributed by atoms with Crippen molar-refractivity contribution in [1.29, 1.82) is 0 Å². The van der Waals surface area contributed by atoms with E-state index < -0.39 is 11.7 Å². The Hall–Kier alpha value is -2.06. The van der Waals surface area contributed by atoms with Crippen molar-refractivity contribution in [2.45, 2.75) is 25.7 Å². The molecule has 1 aliphatic heterocycles. The Morgan fingerprint density at radius 1 is 1.06 bits per heavy atom. The van der Waals surface area contributed by atoms with Crippen molar-refractivity contribution in [3.05, 3.63) is 76.4 Å². The number of amides is 1. The molecule has 0 aliphatic carbocycles. The molecule has 1 N–H and O–H groups in total. The third-order valence-electron chi connectivity index (χ3n) is 5.40. The number of carbonyl (C=O) groups is 1. The van der Waals surface area contributed by atoms with Gasteiger partial charge in [-0.25, -0.2) is 0 Å². The largest absolute Gasteiger partial charge is 0.416 e. The first-order valence-electron chi connectivity index (χ1n) is 10.3. The normalized spacial score (nSPS) is 13.3. The molecule has 33 heavy (non-hydrogen) atoms. The van der Waals surface area contributed by atoms with E-state index in [4.69, 9.17) is 0 Å². The van der Waals surface area contributed by atoms with Crippen molar-refractivity contribution in [3.63, 3.8) is 0 Å². The lowest BCUT2D eigenvalue weighted by molar-refractivity contribution is -0.139. The van der Waals surface area contributed by atoms with Gasteiger partial charge in [-0.05, 0) is 61.5 Å². The second kappa shape index (κ2) is 13.0. The summed E-state index contributed by atoms with van der Waals surface area (Å²) < 4.78 is 40.2. The number of benzene rings is 2. The van der Waals surface area contributed by atoms with Crippen LogP contribution < -0.4 is 5.32 Å². The number of likely N-dealkylation sites (N-methyl/N-ethyl adjacent to an activating group) is 1. The van der Waals surface area contributed by atoms with Gasteiger partial charge in [-0.3, -0.25) is 4.79 Å². The second-order valence-electron chi connectivity index (χ2n) is 7.96. The minimum atomic E-state index is -4.46. The molecule has 0 bridgehead atoms. The summed E-state index contributed by atoms with van der Waals surface area (Å²) >= 11 is 0. The Kier molecular flexibility index (Phi) is 11.4. The van der Waals surface area contributed by atoms with Crippen molar-refractivity contribution in [2.75, 3.05) is 33.7 Å². The van der Waals surface area contributed by atoms with E-state index in [1.165, 1.54) is 34.2 Å². The van der Waals surface area contributed by atoms with Gasteiger partial charge in [-0.2, -0.15) is 13.2 Å². The molecule has 0 radical (unpaired) electrons. The molecule has 1 aliphatic rings. The Morgan fingerprint density at radius 2 is 1.79 bits per heavy atom. The monoisotopic (exact) mass is 503 g/mol. The maximum atomic E-state index is 13.4. The molecule has 3 rings (SSSR count). The average molecular weight is 504 g/mol. The maximum Gasteiger partial charge on any atom is 0.416 e. The van der Waals surface area contributed by atoms with E-state index in [-0.39, 0.29) is 42.8 Å². The van der Waals surface area contributed by atoms with Gasteiger partial charge in [0, 0.05) is 32.3 Å². The zero-order chi connectivity index (χ0) is 22.4. The first kappa shape index (κ1) is 29.0. The average Bonchev–Trinajstić information content (AvgIpc) is 2.74. The summed E-state index contributed by atoms with van der Waals surface area (Å²) in [5.74, 6) is -0.305. The lowest BCUT2D eigenvalue weighted by Gasteiger charge is -2.25. The van der Waals surface area contributed by atoms with Crippen LogP contribution in [0.1, 0.15) is 27.8 Å². The van der Waals surface area contributed by atoms with Crippen LogP contribution >= 0.6 is 24.8 Å². The minimum Gasteiger partial charge on any atom is -0.334 e. The van der Waals surface area contributed by atoms with Gasteiger partial charge in [0.05, 0.1) is 5.56 Å². The highest BCUT2D eigenvalue weighted by Gasteiger charge is 2.33. The van der Waals surface area contributed by atoms with E-state index in [9.17, 15) is 18.0 Å². The van der Waals surface area contributed by atoms with Crippen LogP contribution in [0.4, 0.5) is 13.2 Å². The number of hydrogen-bond donors (Lipinski definition) is 1. The number of nitrogens with zero attached hydrogens (tertiary/aromatic N) is 2. The van der Waals surface area contributed by atoms with Crippen LogP contribution in [-0.2, 0) is 30.5 Å². The summed E-state index contributed by atoms with van der Waals surface area (Å²) in [6.45, 7) is 2.46. The molecule has 0 fully saturated rings. The number of halogens is 5. The number of carbonyl (C=O) groups excluding carboxylic acids is 1. The lowest BCUT2D eigenvalue weighted by atomic mass is 9.96. The topological polar surface area (TPSA) is 35.6 Å². The third-order valence-corrected chi connectivity index (χ3v) is 5.40. The van der Waals surface area contributed by atoms with Gasteiger partial charge >= 0.3 is 6.18 Å². The van der Waals surface area contributed by atoms with Crippen LogP contribution in [0.15, 0.2) is 48.5 Å². The maximum absolute atomic E-state index is 13.4. The smallest absolute Gasteiger partial charge is 0.334 e. The Labute approximate surface area is 205 Å². The summed E-state index contributed by atoms with van der Waals surface area (Å²) in [5.41, 5.74) is 2.78. The van der Waals surface area contributed by atoms with E-state index >= 15 is 0 Å². The molecule has 2 aromatic carbocycles. The van der Waals surface area contributed by atoms with Crippen molar-refractivity contribution in [2.24, 2.45) is 0 Å². The molecular weight excluding hydrogens is 474 g/mol. The first-order valence-corrected chi connectivity index (χ1v) is 10.3. The molecule has 0 saturated heterocycles. The summed E-state index contributed by atoms with van der Waals surface area (Å²) in [4.78, 5) is 16.4. The van der Waals surface area contributed by atoms with E-state index in [2.05, 4.69) is 11.4 Å². The Bertz CT molecular complexity index is 949. The van der Waals surface area contributed by atoms with Crippen molar-refractivity contribution >= 4 is 36.8 Å². The SMILES string of the molecule is CN(C)CCN(Cc1ccccc1C(F)(F)F)C(=O)/C=C/c1cccc2c1CNCC2.Cl.Cl. The highest BCUT2D eigenvalue weighted by molar-refractivity contribution is 5.92. The molecule has 9 heteroatoms. The molecular formula is C24H30Cl2F3N3O. The van der Waals surface area contributed by atoms with Crippen molar-refractivity contribution in [1.82, 2.24) is 15.1 Å². The highest BCUT2D eigenvalue weighted by atomic mass is 35.5. The van der Waals surface area contributed by atoms with Crippen LogP contribution in [0.2, 0.25) is 0 Å². The number of rotatable bonds is 7. The number of alkyl halides is 3. The second-order valence-corrected chi connectivity index (χ2v) is 7.96. The minimum absolute atomic E-state index is 0. The van der Waals surface area contributed by atoms with E-state index in [1.807, 2.05) is 31.1 Å². The molecule has 4 nitrogen and oxygen atoms in total. The molecule has 1 heterocycles. The molecule has 182 valence electrons. The molecule has 0 atom stereocenters. The number of nitrogens with one attached hydrogen (secondary N) is 1. The van der Waals surface area contributed by atoms with Crippen LogP contribution in [0.25, 0.3) is 6.08 Å². The van der Waals surface area contributed by atoms with Gasteiger partial charge in [0.1, 0.15) is 0 Å². The van der Waals surface area contributed by atoms with Gasteiger partial charge < -0.3 is 15.1 Å². The van der Waals surface area contributed by atoms with Crippen LogP contribution in [0.3, 0.4) is 0 Å². The van der Waals surface area contributed by atoms with E-state index in [0.29, 0.717) is 13.1 Å². The molecule has 2 aromatic rings. The molecule has 0 saturated carbocycles. The summed E-state index contributed by atoms with van der Waals surface area (Å²) in [6, 6.07) is 11.4. The highest BCUT2D eigenvalue weighted by Crippen LogP contribution is 2.32. The van der Waals surface area contributed by atoms with E-state index in [1.54, 1.807) is 12.1 Å². The molecule has 0 spiro atoms. The summed E-state index contributed by atoms with van der Waals surface area (Å²) in [7, 11) is 3.73. The number of hydrogen-bond acceptors (Lipinski definition) is 3. The lowest BCUT2D eigenvalue weighted by Crippen LogP contribution is -2.35. The third kappa shape index (κ3) is 8.03. The zero-order valence-electron chi connectivity index (χ0n) is 18.7. The predicted octanol–water partition coefficient (Wildman–Crippen LogP) is 4.80. The zero-order valence-corrected chi connectivity index (χ0v) is 20.3. The Balaban J connectivity index is 0.00000272. The fraction of sp³-hybridized carbons (Fsp3) is 0.375.